The van der Waals surface area contributed by atoms with Gasteiger partial charge in [-0.3, -0.25) is 4.79 Å². The first kappa shape index (κ1) is 13.6. The van der Waals surface area contributed by atoms with Crippen LogP contribution in [0.4, 0.5) is 5.69 Å². The van der Waals surface area contributed by atoms with E-state index >= 15 is 0 Å². The van der Waals surface area contributed by atoms with Crippen molar-refractivity contribution < 1.29 is 9.53 Å². The molecule has 0 spiro atoms. The van der Waals surface area contributed by atoms with Gasteiger partial charge in [0.05, 0.1) is 6.07 Å². The number of hydrogen-bond donors (Lipinski definition) is 1. The Morgan fingerprint density at radius 3 is 2.84 bits per heavy atom. The van der Waals surface area contributed by atoms with Crippen molar-refractivity contribution in [2.75, 3.05) is 18.5 Å². The van der Waals surface area contributed by atoms with Gasteiger partial charge in [0.25, 0.3) is 0 Å². The fourth-order valence-electron chi connectivity index (χ4n) is 2.23. The Morgan fingerprint density at radius 2 is 2.21 bits per heavy atom. The minimum atomic E-state index is -0.944. The Balaban J connectivity index is 2.13. The van der Waals surface area contributed by atoms with E-state index in [4.69, 9.17) is 4.74 Å². The number of anilines is 1. The quantitative estimate of drug-likeness (QED) is 0.906. The number of amides is 1. The second-order valence-corrected chi connectivity index (χ2v) is 4.81. The summed E-state index contributed by atoms with van der Waals surface area (Å²) in [4.78, 5) is 12.3. The second kappa shape index (κ2) is 5.85. The van der Waals surface area contributed by atoms with Crippen molar-refractivity contribution in [2.45, 2.75) is 26.2 Å². The number of carbonyl (C=O) groups is 1. The van der Waals surface area contributed by atoms with Gasteiger partial charge in [-0.1, -0.05) is 19.1 Å². The lowest BCUT2D eigenvalue weighted by Gasteiger charge is -2.29. The van der Waals surface area contributed by atoms with E-state index in [2.05, 4.69) is 18.3 Å². The highest BCUT2D eigenvalue weighted by Crippen LogP contribution is 2.31. The second-order valence-electron chi connectivity index (χ2n) is 4.81. The Labute approximate surface area is 113 Å². The van der Waals surface area contributed by atoms with Gasteiger partial charge in [0, 0.05) is 18.9 Å². The van der Waals surface area contributed by atoms with Crippen LogP contribution in [0, 0.1) is 16.7 Å². The van der Waals surface area contributed by atoms with Gasteiger partial charge in [0.2, 0.25) is 5.91 Å². The van der Waals surface area contributed by atoms with Gasteiger partial charge in [-0.2, -0.15) is 5.26 Å². The molecule has 1 N–H and O–H groups in total. The van der Waals surface area contributed by atoms with Crippen LogP contribution < -0.4 is 5.32 Å². The number of rotatable bonds is 3. The lowest BCUT2D eigenvalue weighted by atomic mass is 9.81. The Hall–Kier alpha value is -1.86. The summed E-state index contributed by atoms with van der Waals surface area (Å²) < 4.78 is 5.23. The molecule has 1 aliphatic heterocycles. The molecule has 1 aliphatic rings. The molecule has 0 aliphatic carbocycles. The first-order valence-electron chi connectivity index (χ1n) is 6.59. The number of aryl methyl sites for hydroxylation is 1. The van der Waals surface area contributed by atoms with E-state index < -0.39 is 5.41 Å². The molecule has 1 aromatic carbocycles. The van der Waals surface area contributed by atoms with Gasteiger partial charge in [-0.15, -0.1) is 0 Å². The molecule has 4 heteroatoms. The van der Waals surface area contributed by atoms with Crippen molar-refractivity contribution in [1.82, 2.24) is 0 Å². The van der Waals surface area contributed by atoms with E-state index in [9.17, 15) is 10.1 Å². The van der Waals surface area contributed by atoms with Gasteiger partial charge >= 0.3 is 0 Å². The molecule has 1 heterocycles. The normalized spacial score (nSPS) is 17.5. The summed E-state index contributed by atoms with van der Waals surface area (Å²) >= 11 is 0. The molecular weight excluding hydrogens is 240 g/mol. The molecule has 0 aromatic heterocycles. The van der Waals surface area contributed by atoms with Crippen molar-refractivity contribution in [2.24, 2.45) is 5.41 Å². The van der Waals surface area contributed by atoms with Crippen LogP contribution in [-0.4, -0.2) is 19.1 Å². The molecule has 1 amide bonds. The number of hydrogen-bond acceptors (Lipinski definition) is 3. The molecule has 0 radical (unpaired) electrons. The number of benzene rings is 1. The molecule has 1 aromatic rings. The molecule has 4 nitrogen and oxygen atoms in total. The smallest absolute Gasteiger partial charge is 0.245 e. The van der Waals surface area contributed by atoms with E-state index in [1.54, 1.807) is 0 Å². The number of nitrogens with one attached hydrogen (secondary N) is 1. The molecule has 0 unspecified atom stereocenters. The fraction of sp³-hybridized carbons (Fsp3) is 0.467. The maximum Gasteiger partial charge on any atom is 0.245 e. The van der Waals surface area contributed by atoms with Crippen LogP contribution in [0.25, 0.3) is 0 Å². The zero-order chi connectivity index (χ0) is 13.7. The van der Waals surface area contributed by atoms with E-state index in [0.29, 0.717) is 26.1 Å². The summed E-state index contributed by atoms with van der Waals surface area (Å²) in [5.41, 5.74) is 0.974. The van der Waals surface area contributed by atoms with Crippen molar-refractivity contribution in [3.8, 4) is 6.07 Å². The van der Waals surface area contributed by atoms with Crippen molar-refractivity contribution in [1.29, 1.82) is 5.26 Å². The molecule has 19 heavy (non-hydrogen) atoms. The van der Waals surface area contributed by atoms with Crippen LogP contribution in [0.3, 0.4) is 0 Å². The van der Waals surface area contributed by atoms with Crippen molar-refractivity contribution >= 4 is 11.6 Å². The lowest BCUT2D eigenvalue weighted by Crippen LogP contribution is -2.39. The first-order valence-corrected chi connectivity index (χ1v) is 6.59. The molecular formula is C15H18N2O2. The highest BCUT2D eigenvalue weighted by atomic mass is 16.5. The van der Waals surface area contributed by atoms with Gasteiger partial charge < -0.3 is 10.1 Å². The first-order chi connectivity index (χ1) is 9.20. The summed E-state index contributed by atoms with van der Waals surface area (Å²) in [6.45, 7) is 3.00. The maximum atomic E-state index is 12.3. The zero-order valence-corrected chi connectivity index (χ0v) is 11.1. The van der Waals surface area contributed by atoms with Gasteiger partial charge in [-0.25, -0.2) is 0 Å². The van der Waals surface area contributed by atoms with Crippen LogP contribution in [-0.2, 0) is 16.0 Å². The number of nitriles is 1. The number of nitrogens with zero attached hydrogens (tertiary/aromatic N) is 1. The SMILES string of the molecule is CCc1cccc(NC(=O)C2(C#N)CCOCC2)c1. The van der Waals surface area contributed by atoms with E-state index in [1.807, 2.05) is 24.3 Å². The van der Waals surface area contributed by atoms with Crippen LogP contribution in [0.5, 0.6) is 0 Å². The lowest BCUT2D eigenvalue weighted by molar-refractivity contribution is -0.126. The molecule has 100 valence electrons. The standard InChI is InChI=1S/C15H18N2O2/c1-2-12-4-3-5-13(10-12)17-14(18)15(11-16)6-8-19-9-7-15/h3-5,10H,2,6-9H2,1H3,(H,17,18). The summed E-state index contributed by atoms with van der Waals surface area (Å²) in [7, 11) is 0. The summed E-state index contributed by atoms with van der Waals surface area (Å²) in [6, 6.07) is 9.90. The number of ether oxygens (including phenoxy) is 1. The molecule has 2 rings (SSSR count). The Bertz CT molecular complexity index is 499. The van der Waals surface area contributed by atoms with E-state index in [1.165, 1.54) is 0 Å². The van der Waals surface area contributed by atoms with Gasteiger partial charge in [0.1, 0.15) is 5.41 Å². The minimum absolute atomic E-state index is 0.216. The van der Waals surface area contributed by atoms with Crippen LogP contribution >= 0.6 is 0 Å². The average Bonchev–Trinajstić information content (AvgIpc) is 2.48. The summed E-state index contributed by atoms with van der Waals surface area (Å²) in [5.74, 6) is -0.216. The predicted octanol–water partition coefficient (Wildman–Crippen LogP) is 2.51. The largest absolute Gasteiger partial charge is 0.381 e. The predicted molar refractivity (Wildman–Crippen MR) is 72.5 cm³/mol. The highest BCUT2D eigenvalue weighted by Gasteiger charge is 2.40. The third-order valence-electron chi connectivity index (χ3n) is 3.59. The molecule has 1 saturated heterocycles. The molecule has 0 bridgehead atoms. The molecule has 1 fully saturated rings. The average molecular weight is 258 g/mol. The topological polar surface area (TPSA) is 62.1 Å². The highest BCUT2D eigenvalue weighted by molar-refractivity contribution is 5.97. The van der Waals surface area contributed by atoms with Crippen LogP contribution in [0.15, 0.2) is 24.3 Å². The maximum absolute atomic E-state index is 12.3. The molecule has 0 atom stereocenters. The van der Waals surface area contributed by atoms with Crippen LogP contribution in [0.1, 0.15) is 25.3 Å². The van der Waals surface area contributed by atoms with Crippen molar-refractivity contribution in [3.63, 3.8) is 0 Å². The minimum Gasteiger partial charge on any atom is -0.381 e. The van der Waals surface area contributed by atoms with Crippen molar-refractivity contribution in [3.05, 3.63) is 29.8 Å². The van der Waals surface area contributed by atoms with Gasteiger partial charge in [-0.05, 0) is 37.0 Å². The fourth-order valence-corrected chi connectivity index (χ4v) is 2.23. The van der Waals surface area contributed by atoms with E-state index in [-0.39, 0.29) is 5.91 Å². The Morgan fingerprint density at radius 1 is 1.47 bits per heavy atom. The summed E-state index contributed by atoms with van der Waals surface area (Å²) in [5, 5.41) is 12.2. The monoisotopic (exact) mass is 258 g/mol. The third kappa shape index (κ3) is 2.94. The van der Waals surface area contributed by atoms with E-state index in [0.717, 1.165) is 17.7 Å². The third-order valence-corrected chi connectivity index (χ3v) is 3.59. The van der Waals surface area contributed by atoms with Gasteiger partial charge in [0.15, 0.2) is 0 Å². The molecule has 0 saturated carbocycles. The van der Waals surface area contributed by atoms with Crippen LogP contribution in [0.2, 0.25) is 0 Å². The number of carbonyl (C=O) groups excluding carboxylic acids is 1. The summed E-state index contributed by atoms with van der Waals surface area (Å²) in [6.07, 6.45) is 1.84. The Kier molecular flexibility index (Phi) is 4.18. The zero-order valence-electron chi connectivity index (χ0n) is 11.1.